The smallest absolute Gasteiger partial charge is 0.292 e. The Morgan fingerprint density at radius 3 is 2.94 bits per heavy atom. The number of hydrogen-bond acceptors (Lipinski definition) is 7. The van der Waals surface area contributed by atoms with Crippen LogP contribution in [0, 0.1) is 0 Å². The number of H-pyrrole nitrogens is 1. The van der Waals surface area contributed by atoms with Crippen molar-refractivity contribution in [2.75, 3.05) is 5.32 Å². The number of benzene rings is 1. The Balaban J connectivity index is 2.07. The molecule has 90 valence electrons. The number of nitrogens with zero attached hydrogens (tertiary/aromatic N) is 3. The van der Waals surface area contributed by atoms with E-state index in [1.165, 1.54) is 6.07 Å². The maximum atomic E-state index is 11.7. The van der Waals surface area contributed by atoms with E-state index in [0.717, 1.165) is 0 Å². The third-order valence-electron chi connectivity index (χ3n) is 2.29. The fourth-order valence-electron chi connectivity index (χ4n) is 1.45. The molecule has 0 fully saturated rings. The quantitative estimate of drug-likeness (QED) is 0.570. The van der Waals surface area contributed by atoms with Gasteiger partial charge in [-0.25, -0.2) is 4.63 Å². The molecule has 3 aromatic rings. The third-order valence-corrected chi connectivity index (χ3v) is 2.29. The highest BCUT2D eigenvalue weighted by molar-refractivity contribution is 5.68. The largest absolute Gasteiger partial charge is 0.506 e. The molecule has 0 saturated heterocycles. The highest BCUT2D eigenvalue weighted by Crippen LogP contribution is 2.23. The first-order chi connectivity index (χ1) is 8.74. The van der Waals surface area contributed by atoms with Crippen LogP contribution in [0.3, 0.4) is 0 Å². The van der Waals surface area contributed by atoms with Gasteiger partial charge < -0.3 is 10.4 Å². The van der Waals surface area contributed by atoms with Gasteiger partial charge in [-0.15, -0.1) is 0 Å². The predicted octanol–water partition coefficient (Wildman–Crippen LogP) is 0.755. The van der Waals surface area contributed by atoms with E-state index < -0.39 is 5.56 Å². The van der Waals surface area contributed by atoms with Gasteiger partial charge in [-0.3, -0.25) is 9.78 Å². The SMILES string of the molecule is O=c1[nH]c2nonc2nc1Nc1ccccc1O. The molecule has 18 heavy (non-hydrogen) atoms. The Bertz CT molecular complexity index is 763. The molecule has 0 aliphatic carbocycles. The molecule has 3 rings (SSSR count). The summed E-state index contributed by atoms with van der Waals surface area (Å²) in [7, 11) is 0. The van der Waals surface area contributed by atoms with Crippen molar-refractivity contribution in [1.82, 2.24) is 20.3 Å². The number of anilines is 2. The van der Waals surface area contributed by atoms with Crippen LogP contribution < -0.4 is 10.9 Å². The van der Waals surface area contributed by atoms with Crippen LogP contribution in [0.2, 0.25) is 0 Å². The Morgan fingerprint density at radius 2 is 2.11 bits per heavy atom. The van der Waals surface area contributed by atoms with Crippen LogP contribution in [0.4, 0.5) is 11.5 Å². The Kier molecular flexibility index (Phi) is 2.19. The van der Waals surface area contributed by atoms with Crippen molar-refractivity contribution in [3.63, 3.8) is 0 Å². The molecule has 0 bridgehead atoms. The van der Waals surface area contributed by atoms with Gasteiger partial charge in [0.05, 0.1) is 5.69 Å². The van der Waals surface area contributed by atoms with Gasteiger partial charge in [0.25, 0.3) is 5.56 Å². The zero-order chi connectivity index (χ0) is 12.5. The molecule has 2 aromatic heterocycles. The summed E-state index contributed by atoms with van der Waals surface area (Å²) in [6.45, 7) is 0. The van der Waals surface area contributed by atoms with Crippen LogP contribution in [0.25, 0.3) is 11.3 Å². The van der Waals surface area contributed by atoms with Crippen molar-refractivity contribution in [3.8, 4) is 5.75 Å². The molecular weight excluding hydrogens is 238 g/mol. The zero-order valence-electron chi connectivity index (χ0n) is 8.91. The number of nitrogens with one attached hydrogen (secondary N) is 2. The number of aromatic amines is 1. The molecule has 2 heterocycles. The van der Waals surface area contributed by atoms with Crippen molar-refractivity contribution in [3.05, 3.63) is 34.6 Å². The molecule has 0 saturated carbocycles. The molecule has 0 atom stereocenters. The van der Waals surface area contributed by atoms with E-state index in [-0.39, 0.29) is 22.9 Å². The lowest BCUT2D eigenvalue weighted by molar-refractivity contribution is 0.314. The highest BCUT2D eigenvalue weighted by atomic mass is 16.6. The minimum Gasteiger partial charge on any atom is -0.506 e. The van der Waals surface area contributed by atoms with E-state index >= 15 is 0 Å². The summed E-state index contributed by atoms with van der Waals surface area (Å²) >= 11 is 0. The molecule has 1 aromatic carbocycles. The van der Waals surface area contributed by atoms with Gasteiger partial charge in [0.1, 0.15) is 5.75 Å². The van der Waals surface area contributed by atoms with Gasteiger partial charge in [-0.05, 0) is 22.4 Å². The lowest BCUT2D eigenvalue weighted by atomic mass is 10.3. The first kappa shape index (κ1) is 10.3. The minimum absolute atomic E-state index is 0.000278. The summed E-state index contributed by atoms with van der Waals surface area (Å²) in [5, 5.41) is 19.3. The van der Waals surface area contributed by atoms with Gasteiger partial charge in [-0.1, -0.05) is 12.1 Å². The number of para-hydroxylation sites is 2. The van der Waals surface area contributed by atoms with Crippen molar-refractivity contribution >= 4 is 22.8 Å². The molecular formula is C10H7N5O3. The number of aromatic hydroxyl groups is 1. The molecule has 0 aliphatic heterocycles. The second-order valence-electron chi connectivity index (χ2n) is 3.49. The highest BCUT2D eigenvalue weighted by Gasteiger charge is 2.10. The molecule has 3 N–H and O–H groups in total. The number of rotatable bonds is 2. The first-order valence-electron chi connectivity index (χ1n) is 5.01. The molecule has 0 amide bonds. The average Bonchev–Trinajstić information content (AvgIpc) is 2.79. The number of phenolic OH excluding ortho intramolecular Hbond substituents is 1. The average molecular weight is 245 g/mol. The first-order valence-corrected chi connectivity index (χ1v) is 5.01. The second kappa shape index (κ2) is 3.84. The van der Waals surface area contributed by atoms with Gasteiger partial charge in [0.2, 0.25) is 11.3 Å². The fraction of sp³-hybridized carbons (Fsp3) is 0. The lowest BCUT2D eigenvalue weighted by Crippen LogP contribution is -2.13. The number of phenols is 1. The Hall–Kier alpha value is -2.90. The third kappa shape index (κ3) is 1.65. The molecule has 8 nitrogen and oxygen atoms in total. The Labute approximate surface area is 99.3 Å². The molecule has 0 unspecified atom stereocenters. The van der Waals surface area contributed by atoms with Crippen LogP contribution in [0.15, 0.2) is 33.7 Å². The van der Waals surface area contributed by atoms with Gasteiger partial charge in [-0.2, -0.15) is 4.98 Å². The van der Waals surface area contributed by atoms with Gasteiger partial charge in [0.15, 0.2) is 5.82 Å². The Morgan fingerprint density at radius 1 is 1.28 bits per heavy atom. The van der Waals surface area contributed by atoms with E-state index in [9.17, 15) is 9.90 Å². The van der Waals surface area contributed by atoms with Crippen molar-refractivity contribution in [1.29, 1.82) is 0 Å². The summed E-state index contributed by atoms with van der Waals surface area (Å²) < 4.78 is 4.44. The summed E-state index contributed by atoms with van der Waals surface area (Å²) in [6, 6.07) is 6.49. The standard InChI is InChI=1S/C10H7N5O3/c16-6-4-2-1-3-5(6)11-9-10(17)13-8-7(12-9)14-18-15-8/h1-4,16H,(H,11,12,14)(H,13,15,17). The monoisotopic (exact) mass is 245 g/mol. The summed E-state index contributed by atoms with van der Waals surface area (Å²) in [6.07, 6.45) is 0. The van der Waals surface area contributed by atoms with Gasteiger partial charge in [0, 0.05) is 0 Å². The molecule has 0 spiro atoms. The zero-order valence-corrected chi connectivity index (χ0v) is 8.91. The summed E-state index contributed by atoms with van der Waals surface area (Å²) in [5.74, 6) is 0.0109. The van der Waals surface area contributed by atoms with Gasteiger partial charge >= 0.3 is 0 Å². The van der Waals surface area contributed by atoms with Crippen LogP contribution in [0.5, 0.6) is 5.75 Å². The summed E-state index contributed by atoms with van der Waals surface area (Å²) in [5.41, 5.74) is 0.225. The topological polar surface area (TPSA) is 117 Å². The van der Waals surface area contributed by atoms with Crippen LogP contribution >= 0.6 is 0 Å². The second-order valence-corrected chi connectivity index (χ2v) is 3.49. The van der Waals surface area contributed by atoms with E-state index in [1.54, 1.807) is 18.2 Å². The molecule has 0 radical (unpaired) electrons. The number of hydrogen-bond donors (Lipinski definition) is 3. The summed E-state index contributed by atoms with van der Waals surface area (Å²) in [4.78, 5) is 18.1. The van der Waals surface area contributed by atoms with Crippen molar-refractivity contribution < 1.29 is 9.74 Å². The fourth-order valence-corrected chi connectivity index (χ4v) is 1.45. The predicted molar refractivity (Wildman–Crippen MR) is 61.6 cm³/mol. The van der Waals surface area contributed by atoms with Crippen LogP contribution in [-0.2, 0) is 0 Å². The van der Waals surface area contributed by atoms with E-state index in [1.807, 2.05) is 0 Å². The lowest BCUT2D eigenvalue weighted by Gasteiger charge is -2.05. The van der Waals surface area contributed by atoms with E-state index in [2.05, 4.69) is 30.2 Å². The number of fused-ring (bicyclic) bond motifs is 1. The van der Waals surface area contributed by atoms with Crippen molar-refractivity contribution in [2.45, 2.75) is 0 Å². The number of aromatic nitrogens is 4. The molecule has 0 aliphatic rings. The van der Waals surface area contributed by atoms with Crippen molar-refractivity contribution in [2.24, 2.45) is 0 Å². The maximum absolute atomic E-state index is 11.7. The molecule has 8 heteroatoms. The normalized spacial score (nSPS) is 10.7. The van der Waals surface area contributed by atoms with Crippen LogP contribution in [-0.4, -0.2) is 25.4 Å². The minimum atomic E-state index is -0.485. The van der Waals surface area contributed by atoms with Crippen LogP contribution in [0.1, 0.15) is 0 Å². The van der Waals surface area contributed by atoms with E-state index in [4.69, 9.17) is 0 Å². The maximum Gasteiger partial charge on any atom is 0.292 e. The van der Waals surface area contributed by atoms with E-state index in [0.29, 0.717) is 5.69 Å².